The molecule has 0 aliphatic carbocycles. The number of hydrogen-bond acceptors (Lipinski definition) is 6. The molecule has 0 bridgehead atoms. The molecule has 0 unspecified atom stereocenters. The number of nitro groups is 1. The van der Waals surface area contributed by atoms with Crippen molar-refractivity contribution in [3.8, 4) is 0 Å². The van der Waals surface area contributed by atoms with Gasteiger partial charge in [0.2, 0.25) is 11.8 Å². The lowest BCUT2D eigenvalue weighted by atomic mass is 10.2. The predicted octanol–water partition coefficient (Wildman–Crippen LogP) is 2.71. The summed E-state index contributed by atoms with van der Waals surface area (Å²) in [4.78, 5) is 33.1. The van der Waals surface area contributed by atoms with Crippen LogP contribution in [0.3, 0.4) is 0 Å². The molecule has 0 saturated heterocycles. The van der Waals surface area contributed by atoms with Gasteiger partial charge in [0.05, 0.1) is 23.0 Å². The van der Waals surface area contributed by atoms with Gasteiger partial charge >= 0.3 is 5.88 Å². The number of anilines is 1. The molecule has 0 saturated carbocycles. The maximum atomic E-state index is 11.8. The molecule has 0 spiro atoms. The molecule has 1 heterocycles. The second-order valence-electron chi connectivity index (χ2n) is 4.75. The number of nitrogens with zero attached hydrogens (tertiary/aromatic N) is 2. The minimum atomic E-state index is -0.687. The Morgan fingerprint density at radius 3 is 2.60 bits per heavy atom. The topological polar surface area (TPSA) is 127 Å². The Morgan fingerprint density at radius 2 is 1.92 bits per heavy atom. The Morgan fingerprint density at radius 1 is 1.20 bits per heavy atom. The Labute approximate surface area is 146 Å². The van der Waals surface area contributed by atoms with Crippen molar-refractivity contribution in [1.29, 1.82) is 0 Å². The van der Waals surface area contributed by atoms with Crippen molar-refractivity contribution in [3.63, 3.8) is 0 Å². The normalized spacial score (nSPS) is 10.6. The Kier molecular flexibility index (Phi) is 6.24. The third-order valence-electron chi connectivity index (χ3n) is 2.90. The van der Waals surface area contributed by atoms with E-state index in [4.69, 9.17) is 16.0 Å². The van der Waals surface area contributed by atoms with Gasteiger partial charge in [-0.05, 0) is 18.2 Å². The third kappa shape index (κ3) is 5.74. The molecule has 9 nitrogen and oxygen atoms in total. The maximum Gasteiger partial charge on any atom is 0.433 e. The van der Waals surface area contributed by atoms with Crippen molar-refractivity contribution in [1.82, 2.24) is 5.43 Å². The van der Waals surface area contributed by atoms with Crippen LogP contribution in [0.1, 0.15) is 18.6 Å². The predicted molar refractivity (Wildman–Crippen MR) is 90.4 cm³/mol. The molecule has 0 atom stereocenters. The van der Waals surface area contributed by atoms with Gasteiger partial charge in [-0.3, -0.25) is 19.7 Å². The zero-order chi connectivity index (χ0) is 18.2. The highest BCUT2D eigenvalue weighted by atomic mass is 35.5. The summed E-state index contributed by atoms with van der Waals surface area (Å²) >= 11 is 5.91. The lowest BCUT2D eigenvalue weighted by molar-refractivity contribution is -0.402. The van der Waals surface area contributed by atoms with E-state index in [1.54, 1.807) is 24.3 Å². The molecule has 2 N–H and O–H groups in total. The van der Waals surface area contributed by atoms with Crippen LogP contribution >= 0.6 is 11.6 Å². The van der Waals surface area contributed by atoms with Crippen molar-refractivity contribution in [2.24, 2.45) is 5.10 Å². The lowest BCUT2D eigenvalue weighted by Crippen LogP contribution is -2.20. The van der Waals surface area contributed by atoms with Gasteiger partial charge in [-0.25, -0.2) is 5.43 Å². The minimum absolute atomic E-state index is 0.0567. The van der Waals surface area contributed by atoms with Crippen LogP contribution < -0.4 is 10.7 Å². The number of hydrogen-bond donors (Lipinski definition) is 2. The average Bonchev–Trinajstić information content (AvgIpc) is 3.04. The van der Waals surface area contributed by atoms with E-state index in [1.165, 1.54) is 12.1 Å². The molecule has 1 aromatic carbocycles. The van der Waals surface area contributed by atoms with Crippen LogP contribution in [-0.2, 0) is 9.59 Å². The highest BCUT2D eigenvalue weighted by Crippen LogP contribution is 2.20. The van der Waals surface area contributed by atoms with Gasteiger partial charge in [-0.15, -0.1) is 0 Å². The summed E-state index contributed by atoms with van der Waals surface area (Å²) < 4.78 is 4.83. The largest absolute Gasteiger partial charge is 0.433 e. The van der Waals surface area contributed by atoms with E-state index < -0.39 is 16.7 Å². The number of furan rings is 1. The molecule has 2 rings (SSSR count). The van der Waals surface area contributed by atoms with Gasteiger partial charge < -0.3 is 9.73 Å². The van der Waals surface area contributed by atoms with Crippen LogP contribution in [0.25, 0.3) is 0 Å². The van der Waals surface area contributed by atoms with E-state index >= 15 is 0 Å². The molecule has 1 aromatic heterocycles. The van der Waals surface area contributed by atoms with E-state index in [9.17, 15) is 19.7 Å². The Bertz CT molecular complexity index is 818. The quantitative estimate of drug-likeness (QED) is 0.443. The van der Waals surface area contributed by atoms with Gasteiger partial charge in [0.15, 0.2) is 5.76 Å². The highest BCUT2D eigenvalue weighted by molar-refractivity contribution is 6.33. The number of carbonyl (C=O) groups is 2. The van der Waals surface area contributed by atoms with E-state index in [1.807, 2.05) is 0 Å². The first kappa shape index (κ1) is 18.1. The van der Waals surface area contributed by atoms with Crippen molar-refractivity contribution in [2.75, 3.05) is 5.32 Å². The average molecular weight is 365 g/mol. The summed E-state index contributed by atoms with van der Waals surface area (Å²) in [6, 6.07) is 9.25. The van der Waals surface area contributed by atoms with Gasteiger partial charge in [0.25, 0.3) is 0 Å². The Balaban J connectivity index is 1.74. The van der Waals surface area contributed by atoms with Crippen molar-refractivity contribution < 1.29 is 18.9 Å². The summed E-state index contributed by atoms with van der Waals surface area (Å²) in [5, 5.41) is 17.0. The monoisotopic (exact) mass is 364 g/mol. The molecular formula is C15H13ClN4O5. The SMILES string of the molecule is O=C(CCC(=O)Nc1ccccc1Cl)NN=Cc1ccc([N+](=O)[O-])o1. The van der Waals surface area contributed by atoms with Gasteiger partial charge in [-0.1, -0.05) is 23.7 Å². The van der Waals surface area contributed by atoms with Gasteiger partial charge in [0, 0.05) is 12.8 Å². The summed E-state index contributed by atoms with van der Waals surface area (Å²) in [7, 11) is 0. The van der Waals surface area contributed by atoms with Crippen LogP contribution in [0.5, 0.6) is 0 Å². The summed E-state index contributed by atoms with van der Waals surface area (Å²) in [5.41, 5.74) is 2.66. The standard InChI is InChI=1S/C15H13ClN4O5/c16-11-3-1-2-4-12(11)18-13(21)6-7-14(22)19-17-9-10-5-8-15(25-10)20(23)24/h1-5,8-9H,6-7H2,(H,18,21)(H,19,22). The molecule has 10 heteroatoms. The number of hydrazone groups is 1. The lowest BCUT2D eigenvalue weighted by Gasteiger charge is -2.06. The van der Waals surface area contributed by atoms with Crippen molar-refractivity contribution in [2.45, 2.75) is 12.8 Å². The van der Waals surface area contributed by atoms with Crippen LogP contribution in [0, 0.1) is 10.1 Å². The molecule has 0 aliphatic heterocycles. The summed E-state index contributed by atoms with van der Waals surface area (Å²) in [6.45, 7) is 0. The smallest absolute Gasteiger partial charge is 0.400 e. The molecule has 0 fully saturated rings. The molecule has 0 aliphatic rings. The molecule has 2 aromatic rings. The van der Waals surface area contributed by atoms with Crippen LogP contribution in [0.15, 0.2) is 45.9 Å². The number of halogens is 1. The Hall–Kier alpha value is -3.20. The fourth-order valence-electron chi connectivity index (χ4n) is 1.74. The van der Waals surface area contributed by atoms with E-state index in [2.05, 4.69) is 15.8 Å². The molecule has 25 heavy (non-hydrogen) atoms. The number of carbonyl (C=O) groups excluding carboxylic acids is 2. The third-order valence-corrected chi connectivity index (χ3v) is 3.23. The minimum Gasteiger partial charge on any atom is -0.400 e. The first-order valence-electron chi connectivity index (χ1n) is 7.06. The number of para-hydroxylation sites is 1. The number of nitrogens with one attached hydrogen (secondary N) is 2. The van der Waals surface area contributed by atoms with Gasteiger partial charge in [0.1, 0.15) is 4.92 Å². The number of rotatable bonds is 7. The van der Waals surface area contributed by atoms with E-state index in [0.29, 0.717) is 10.7 Å². The second kappa shape index (κ2) is 8.60. The number of benzene rings is 1. The van der Waals surface area contributed by atoms with Crippen molar-refractivity contribution >= 4 is 41.2 Å². The highest BCUT2D eigenvalue weighted by Gasteiger charge is 2.11. The van der Waals surface area contributed by atoms with Crippen LogP contribution in [0.4, 0.5) is 11.6 Å². The number of amides is 2. The van der Waals surface area contributed by atoms with E-state index in [-0.39, 0.29) is 24.5 Å². The first-order valence-corrected chi connectivity index (χ1v) is 7.44. The summed E-state index contributed by atoms with van der Waals surface area (Å²) in [6.07, 6.45) is 0.972. The zero-order valence-corrected chi connectivity index (χ0v) is 13.5. The van der Waals surface area contributed by atoms with Crippen molar-refractivity contribution in [3.05, 3.63) is 57.3 Å². The molecule has 2 amide bonds. The molecule has 130 valence electrons. The fraction of sp³-hybridized carbons (Fsp3) is 0.133. The molecular weight excluding hydrogens is 352 g/mol. The zero-order valence-electron chi connectivity index (χ0n) is 12.8. The second-order valence-corrected chi connectivity index (χ2v) is 5.16. The summed E-state index contributed by atoms with van der Waals surface area (Å²) in [5.74, 6) is -1.17. The van der Waals surface area contributed by atoms with Crippen LogP contribution in [0.2, 0.25) is 5.02 Å². The maximum absolute atomic E-state index is 11.8. The molecule has 0 radical (unpaired) electrons. The van der Waals surface area contributed by atoms with Crippen LogP contribution in [-0.4, -0.2) is 23.0 Å². The van der Waals surface area contributed by atoms with E-state index in [0.717, 1.165) is 6.21 Å². The fourth-order valence-corrected chi connectivity index (χ4v) is 1.92. The van der Waals surface area contributed by atoms with Gasteiger partial charge in [-0.2, -0.15) is 5.10 Å². The first-order chi connectivity index (χ1) is 12.0.